The molecule has 0 aliphatic rings. The minimum Gasteiger partial charge on any atom is -0.493 e. The smallest absolute Gasteiger partial charge is 0.219 e. The molecular formula is C15H16N4O. The van der Waals surface area contributed by atoms with Crippen molar-refractivity contribution in [1.82, 2.24) is 14.4 Å². The number of aromatic nitrogens is 3. The van der Waals surface area contributed by atoms with Crippen molar-refractivity contribution in [2.24, 2.45) is 0 Å². The lowest BCUT2D eigenvalue weighted by Gasteiger charge is -2.12. The van der Waals surface area contributed by atoms with Crippen molar-refractivity contribution < 1.29 is 5.11 Å². The van der Waals surface area contributed by atoms with E-state index in [1.807, 2.05) is 43.3 Å². The van der Waals surface area contributed by atoms with Crippen LogP contribution in [0.5, 0.6) is 5.88 Å². The van der Waals surface area contributed by atoms with Crippen molar-refractivity contribution in [3.8, 4) is 17.1 Å². The summed E-state index contributed by atoms with van der Waals surface area (Å²) >= 11 is 0. The van der Waals surface area contributed by atoms with E-state index in [4.69, 9.17) is 0 Å². The second-order valence-corrected chi connectivity index (χ2v) is 4.96. The summed E-state index contributed by atoms with van der Waals surface area (Å²) in [4.78, 5) is 10.7. The molecule has 0 saturated carbocycles. The molecule has 0 fully saturated rings. The SMILES string of the molecule is Cc1nc2cnc(-c3ccc(N(C)C)cc3)cn2c1O. The van der Waals surface area contributed by atoms with Crippen molar-refractivity contribution in [3.05, 3.63) is 42.4 Å². The summed E-state index contributed by atoms with van der Waals surface area (Å²) in [6.07, 6.45) is 3.47. The van der Waals surface area contributed by atoms with Crippen LogP contribution in [0, 0.1) is 6.92 Å². The summed E-state index contributed by atoms with van der Waals surface area (Å²) in [6, 6.07) is 8.12. The molecule has 2 aromatic heterocycles. The number of fused-ring (bicyclic) bond motifs is 1. The standard InChI is InChI=1S/C15H16N4O/c1-10-15(20)19-9-13(16-8-14(19)17-10)11-4-6-12(7-5-11)18(2)3/h4-9,20H,1-3H3. The van der Waals surface area contributed by atoms with Gasteiger partial charge in [0.1, 0.15) is 5.69 Å². The summed E-state index contributed by atoms with van der Waals surface area (Å²) < 4.78 is 1.65. The van der Waals surface area contributed by atoms with Crippen molar-refractivity contribution in [1.29, 1.82) is 0 Å². The van der Waals surface area contributed by atoms with E-state index in [2.05, 4.69) is 9.97 Å². The highest BCUT2D eigenvalue weighted by Gasteiger charge is 2.09. The Kier molecular flexibility index (Phi) is 2.82. The van der Waals surface area contributed by atoms with Crippen LogP contribution in [-0.4, -0.2) is 33.6 Å². The largest absolute Gasteiger partial charge is 0.493 e. The fourth-order valence-electron chi connectivity index (χ4n) is 2.14. The average Bonchev–Trinajstić information content (AvgIpc) is 2.74. The minimum absolute atomic E-state index is 0.161. The molecule has 0 unspecified atom stereocenters. The molecular weight excluding hydrogens is 252 g/mol. The molecule has 5 heteroatoms. The van der Waals surface area contributed by atoms with Crippen LogP contribution in [0.3, 0.4) is 0 Å². The summed E-state index contributed by atoms with van der Waals surface area (Å²) in [5, 5.41) is 9.95. The maximum Gasteiger partial charge on any atom is 0.219 e. The Balaban J connectivity index is 2.07. The van der Waals surface area contributed by atoms with E-state index in [0.717, 1.165) is 16.9 Å². The van der Waals surface area contributed by atoms with Crippen molar-refractivity contribution in [2.75, 3.05) is 19.0 Å². The summed E-state index contributed by atoms with van der Waals surface area (Å²) in [5.41, 5.74) is 4.19. The molecule has 20 heavy (non-hydrogen) atoms. The quantitative estimate of drug-likeness (QED) is 0.775. The number of rotatable bonds is 2. The number of anilines is 1. The van der Waals surface area contributed by atoms with Gasteiger partial charge in [-0.05, 0) is 19.1 Å². The predicted molar refractivity (Wildman–Crippen MR) is 79.2 cm³/mol. The van der Waals surface area contributed by atoms with E-state index >= 15 is 0 Å². The van der Waals surface area contributed by atoms with Gasteiger partial charge in [0.2, 0.25) is 5.88 Å². The van der Waals surface area contributed by atoms with E-state index in [0.29, 0.717) is 11.3 Å². The maximum atomic E-state index is 9.95. The average molecular weight is 268 g/mol. The van der Waals surface area contributed by atoms with Crippen LogP contribution in [0.4, 0.5) is 5.69 Å². The zero-order chi connectivity index (χ0) is 14.3. The third-order valence-corrected chi connectivity index (χ3v) is 3.33. The van der Waals surface area contributed by atoms with Crippen LogP contribution in [0.25, 0.3) is 16.9 Å². The fourth-order valence-corrected chi connectivity index (χ4v) is 2.14. The Labute approximate surface area is 117 Å². The van der Waals surface area contributed by atoms with Gasteiger partial charge in [0.05, 0.1) is 11.9 Å². The fraction of sp³-hybridized carbons (Fsp3) is 0.200. The van der Waals surface area contributed by atoms with Gasteiger partial charge < -0.3 is 10.0 Å². The second kappa shape index (κ2) is 4.52. The van der Waals surface area contributed by atoms with Gasteiger partial charge in [-0.1, -0.05) is 12.1 Å². The number of imidazole rings is 1. The van der Waals surface area contributed by atoms with Crippen molar-refractivity contribution in [3.63, 3.8) is 0 Å². The lowest BCUT2D eigenvalue weighted by atomic mass is 10.1. The molecule has 0 saturated heterocycles. The van der Waals surface area contributed by atoms with Crippen LogP contribution in [0.2, 0.25) is 0 Å². The van der Waals surface area contributed by atoms with Crippen LogP contribution >= 0.6 is 0 Å². The number of hydrogen-bond acceptors (Lipinski definition) is 4. The summed E-state index contributed by atoms with van der Waals surface area (Å²) in [5.74, 6) is 0.161. The Morgan fingerprint density at radius 2 is 1.85 bits per heavy atom. The molecule has 0 aliphatic carbocycles. The Morgan fingerprint density at radius 1 is 1.15 bits per heavy atom. The lowest BCUT2D eigenvalue weighted by molar-refractivity contribution is 0.444. The first-order valence-corrected chi connectivity index (χ1v) is 6.37. The van der Waals surface area contributed by atoms with Gasteiger partial charge in [0, 0.05) is 31.5 Å². The monoisotopic (exact) mass is 268 g/mol. The highest BCUT2D eigenvalue weighted by molar-refractivity contribution is 5.63. The van der Waals surface area contributed by atoms with E-state index < -0.39 is 0 Å². The Hall–Kier alpha value is -2.56. The maximum absolute atomic E-state index is 9.95. The van der Waals surface area contributed by atoms with E-state index in [1.165, 1.54) is 0 Å². The zero-order valence-corrected chi connectivity index (χ0v) is 11.7. The lowest BCUT2D eigenvalue weighted by Crippen LogP contribution is -2.07. The molecule has 0 amide bonds. The van der Waals surface area contributed by atoms with Gasteiger partial charge in [-0.15, -0.1) is 0 Å². The van der Waals surface area contributed by atoms with Gasteiger partial charge in [-0.3, -0.25) is 9.38 Å². The zero-order valence-electron chi connectivity index (χ0n) is 11.7. The highest BCUT2D eigenvalue weighted by atomic mass is 16.3. The number of nitrogens with zero attached hydrogens (tertiary/aromatic N) is 4. The van der Waals surface area contributed by atoms with Gasteiger partial charge in [-0.25, -0.2) is 4.98 Å². The summed E-state index contributed by atoms with van der Waals surface area (Å²) in [7, 11) is 4.01. The summed E-state index contributed by atoms with van der Waals surface area (Å²) in [6.45, 7) is 1.77. The molecule has 1 N–H and O–H groups in total. The molecule has 0 bridgehead atoms. The molecule has 0 spiro atoms. The number of benzene rings is 1. The van der Waals surface area contributed by atoms with Crippen LogP contribution in [0.15, 0.2) is 36.7 Å². The third kappa shape index (κ3) is 1.97. The third-order valence-electron chi connectivity index (χ3n) is 3.33. The second-order valence-electron chi connectivity index (χ2n) is 4.96. The number of hydrogen-bond donors (Lipinski definition) is 1. The Bertz CT molecular complexity index is 759. The molecule has 2 heterocycles. The van der Waals surface area contributed by atoms with E-state index in [1.54, 1.807) is 23.7 Å². The molecule has 3 rings (SSSR count). The number of aryl methyl sites for hydroxylation is 1. The van der Waals surface area contributed by atoms with Crippen molar-refractivity contribution >= 4 is 11.3 Å². The molecule has 0 radical (unpaired) electrons. The first-order valence-electron chi connectivity index (χ1n) is 6.37. The van der Waals surface area contributed by atoms with E-state index in [-0.39, 0.29) is 5.88 Å². The minimum atomic E-state index is 0.161. The van der Waals surface area contributed by atoms with Gasteiger partial charge in [0.15, 0.2) is 5.65 Å². The van der Waals surface area contributed by atoms with Crippen LogP contribution in [0.1, 0.15) is 5.69 Å². The molecule has 0 atom stereocenters. The molecule has 0 aliphatic heterocycles. The van der Waals surface area contributed by atoms with Gasteiger partial charge in [0.25, 0.3) is 0 Å². The molecule has 102 valence electrons. The Morgan fingerprint density at radius 3 is 2.50 bits per heavy atom. The van der Waals surface area contributed by atoms with E-state index in [9.17, 15) is 5.11 Å². The van der Waals surface area contributed by atoms with Crippen LogP contribution in [-0.2, 0) is 0 Å². The van der Waals surface area contributed by atoms with Gasteiger partial charge >= 0.3 is 0 Å². The normalized spacial score (nSPS) is 10.9. The molecule has 5 nitrogen and oxygen atoms in total. The molecule has 1 aromatic carbocycles. The predicted octanol–water partition coefficient (Wildman–Crippen LogP) is 2.48. The topological polar surface area (TPSA) is 53.7 Å². The highest BCUT2D eigenvalue weighted by Crippen LogP contribution is 2.24. The molecule has 3 aromatic rings. The van der Waals surface area contributed by atoms with Gasteiger partial charge in [-0.2, -0.15) is 0 Å². The number of aromatic hydroxyl groups is 1. The van der Waals surface area contributed by atoms with Crippen molar-refractivity contribution in [2.45, 2.75) is 6.92 Å². The first kappa shape index (κ1) is 12.5. The van der Waals surface area contributed by atoms with Crippen LogP contribution < -0.4 is 4.90 Å². The first-order chi connectivity index (χ1) is 9.56.